The number of hydrogen-bond acceptors (Lipinski definition) is 5. The number of ether oxygens (including phenoxy) is 1. The molecule has 29 heavy (non-hydrogen) atoms. The molecule has 2 saturated carbocycles. The van der Waals surface area contributed by atoms with Crippen molar-refractivity contribution in [3.05, 3.63) is 34.9 Å². The number of alkyl halides is 2. The summed E-state index contributed by atoms with van der Waals surface area (Å²) in [4.78, 5) is 51.2. The molecule has 1 saturated heterocycles. The highest BCUT2D eigenvalue weighted by Gasteiger charge is 2.66. The fraction of sp³-hybridized carbons (Fsp3) is 0.500. The molecule has 0 spiro atoms. The van der Waals surface area contributed by atoms with Crippen LogP contribution in [0.5, 0.6) is 0 Å². The van der Waals surface area contributed by atoms with Gasteiger partial charge in [0.2, 0.25) is 11.8 Å². The lowest BCUT2D eigenvalue weighted by Crippen LogP contribution is -2.37. The molecule has 1 heterocycles. The molecule has 2 amide bonds. The highest BCUT2D eigenvalue weighted by molar-refractivity contribution is 9.12. The first-order chi connectivity index (χ1) is 13.8. The van der Waals surface area contributed by atoms with Crippen LogP contribution in [0.1, 0.15) is 23.2 Å². The standard InChI is InChI=1S/C20H18Br2ClNO5/c21-17-11-7-12(18(17)22)16-15(11)19(27)24(20(16)28)6-5-14(26)29-8-13(25)9-1-3-10(23)4-2-9/h1-4,11-12,15-18H,5-8H2. The molecule has 2 aliphatic carbocycles. The van der Waals surface area contributed by atoms with E-state index in [0.29, 0.717) is 10.6 Å². The number of ketones is 1. The van der Waals surface area contributed by atoms with Crippen LogP contribution in [-0.4, -0.2) is 51.3 Å². The second-order valence-electron chi connectivity index (χ2n) is 7.67. The molecule has 3 aliphatic rings. The molecule has 1 aliphatic heterocycles. The highest BCUT2D eigenvalue weighted by Crippen LogP contribution is 2.60. The molecule has 6 nitrogen and oxygen atoms in total. The van der Waals surface area contributed by atoms with Crippen LogP contribution < -0.4 is 0 Å². The van der Waals surface area contributed by atoms with Gasteiger partial charge < -0.3 is 4.74 Å². The summed E-state index contributed by atoms with van der Waals surface area (Å²) in [5, 5.41) is 0.508. The normalized spacial score (nSPS) is 32.6. The lowest BCUT2D eigenvalue weighted by Gasteiger charge is -2.28. The lowest BCUT2D eigenvalue weighted by molar-refractivity contribution is -0.145. The Kier molecular flexibility index (Phi) is 5.88. The maximum atomic E-state index is 12.8. The van der Waals surface area contributed by atoms with E-state index in [4.69, 9.17) is 16.3 Å². The summed E-state index contributed by atoms with van der Waals surface area (Å²) >= 11 is 13.1. The van der Waals surface area contributed by atoms with Crippen LogP contribution in [0.4, 0.5) is 0 Å². The van der Waals surface area contributed by atoms with Crippen molar-refractivity contribution < 1.29 is 23.9 Å². The van der Waals surface area contributed by atoms with E-state index in [9.17, 15) is 19.2 Å². The Morgan fingerprint density at radius 2 is 1.59 bits per heavy atom. The summed E-state index contributed by atoms with van der Waals surface area (Å²) in [5.74, 6) is -1.67. The summed E-state index contributed by atoms with van der Waals surface area (Å²) in [6.45, 7) is -0.410. The van der Waals surface area contributed by atoms with E-state index >= 15 is 0 Å². The third-order valence-electron chi connectivity index (χ3n) is 6.15. The van der Waals surface area contributed by atoms with E-state index in [0.717, 1.165) is 6.42 Å². The van der Waals surface area contributed by atoms with Crippen LogP contribution in [0.25, 0.3) is 0 Å². The molecule has 6 unspecified atom stereocenters. The van der Waals surface area contributed by atoms with Crippen molar-refractivity contribution in [3.63, 3.8) is 0 Å². The van der Waals surface area contributed by atoms with Gasteiger partial charge in [-0.2, -0.15) is 0 Å². The Morgan fingerprint density at radius 1 is 1.03 bits per heavy atom. The molecule has 1 aromatic rings. The number of Topliss-reactive ketones (excluding diaryl/α,β-unsaturated/α-hetero) is 1. The van der Waals surface area contributed by atoms with Crippen molar-refractivity contribution in [1.29, 1.82) is 0 Å². The molecule has 0 aromatic heterocycles. The van der Waals surface area contributed by atoms with Gasteiger partial charge in [-0.15, -0.1) is 0 Å². The van der Waals surface area contributed by atoms with Crippen LogP contribution in [-0.2, 0) is 19.1 Å². The van der Waals surface area contributed by atoms with Gasteiger partial charge in [-0.3, -0.25) is 24.1 Å². The number of amides is 2. The summed E-state index contributed by atoms with van der Waals surface area (Å²) in [5.41, 5.74) is 0.393. The topological polar surface area (TPSA) is 80.8 Å². The minimum Gasteiger partial charge on any atom is -0.457 e. The number of likely N-dealkylation sites (tertiary alicyclic amines) is 1. The number of rotatable bonds is 6. The predicted octanol–water partition coefficient (Wildman–Crippen LogP) is 3.23. The van der Waals surface area contributed by atoms with Crippen LogP contribution in [0.15, 0.2) is 24.3 Å². The van der Waals surface area contributed by atoms with E-state index in [-0.39, 0.29) is 63.9 Å². The summed E-state index contributed by atoms with van der Waals surface area (Å²) in [6.07, 6.45) is 0.733. The van der Waals surface area contributed by atoms with Gasteiger partial charge in [0.05, 0.1) is 18.3 Å². The van der Waals surface area contributed by atoms with Crippen LogP contribution in [0, 0.1) is 23.7 Å². The number of imide groups is 1. The molecule has 9 heteroatoms. The maximum Gasteiger partial charge on any atom is 0.308 e. The van der Waals surface area contributed by atoms with Crippen LogP contribution >= 0.6 is 43.5 Å². The van der Waals surface area contributed by atoms with Gasteiger partial charge in [0.25, 0.3) is 0 Å². The Balaban J connectivity index is 1.30. The second-order valence-corrected chi connectivity index (χ2v) is 10.2. The van der Waals surface area contributed by atoms with Crippen LogP contribution in [0.3, 0.4) is 0 Å². The Morgan fingerprint density at radius 3 is 2.14 bits per heavy atom. The van der Waals surface area contributed by atoms with Crippen molar-refractivity contribution in [1.82, 2.24) is 4.90 Å². The number of fused-ring (bicyclic) bond motifs is 5. The minimum absolute atomic E-state index is 0.0159. The third kappa shape index (κ3) is 3.68. The monoisotopic (exact) mass is 545 g/mol. The number of carbonyl (C=O) groups is 4. The van der Waals surface area contributed by atoms with Gasteiger partial charge in [0, 0.05) is 26.8 Å². The van der Waals surface area contributed by atoms with Crippen molar-refractivity contribution in [2.45, 2.75) is 22.5 Å². The Labute approximate surface area is 189 Å². The maximum absolute atomic E-state index is 12.8. The molecular formula is C20H18Br2ClNO5. The fourth-order valence-corrected chi connectivity index (χ4v) is 6.77. The quantitative estimate of drug-likeness (QED) is 0.237. The molecule has 4 rings (SSSR count). The number of nitrogens with zero attached hydrogens (tertiary/aromatic N) is 1. The SMILES string of the molecule is O=C(CCN1C(=O)C2C3CC(C(Br)C3Br)C2C1=O)OCC(=O)c1ccc(Cl)cc1. The van der Waals surface area contributed by atoms with Crippen molar-refractivity contribution >= 4 is 67.0 Å². The summed E-state index contributed by atoms with van der Waals surface area (Å²) in [7, 11) is 0. The molecule has 0 radical (unpaired) electrons. The van der Waals surface area contributed by atoms with Crippen molar-refractivity contribution in [3.8, 4) is 0 Å². The van der Waals surface area contributed by atoms with Crippen LogP contribution in [0.2, 0.25) is 5.02 Å². The zero-order chi connectivity index (χ0) is 20.9. The van der Waals surface area contributed by atoms with Gasteiger partial charge in [-0.25, -0.2) is 0 Å². The van der Waals surface area contributed by atoms with Gasteiger partial charge in [0.15, 0.2) is 12.4 Å². The first kappa shape index (κ1) is 21.0. The van der Waals surface area contributed by atoms with Crippen molar-refractivity contribution in [2.75, 3.05) is 13.2 Å². The van der Waals surface area contributed by atoms with Gasteiger partial charge >= 0.3 is 5.97 Å². The van der Waals surface area contributed by atoms with E-state index in [2.05, 4.69) is 31.9 Å². The molecule has 154 valence electrons. The first-order valence-electron chi connectivity index (χ1n) is 9.37. The van der Waals surface area contributed by atoms with E-state index in [1.165, 1.54) is 4.90 Å². The Hall–Kier alpha value is -1.25. The molecular weight excluding hydrogens is 529 g/mol. The van der Waals surface area contributed by atoms with Crippen molar-refractivity contribution in [2.24, 2.45) is 23.7 Å². The molecule has 3 fully saturated rings. The average molecular weight is 548 g/mol. The van der Waals surface area contributed by atoms with Gasteiger partial charge in [0.1, 0.15) is 0 Å². The highest BCUT2D eigenvalue weighted by atomic mass is 79.9. The zero-order valence-corrected chi connectivity index (χ0v) is 19.2. The van der Waals surface area contributed by atoms with Gasteiger partial charge in [-0.1, -0.05) is 43.5 Å². The number of esters is 1. The predicted molar refractivity (Wildman–Crippen MR) is 112 cm³/mol. The molecule has 1 aromatic carbocycles. The Bertz CT molecular complexity index is 844. The summed E-state index contributed by atoms with van der Waals surface area (Å²) < 4.78 is 5.02. The van der Waals surface area contributed by atoms with E-state index in [1.807, 2.05) is 0 Å². The number of benzene rings is 1. The van der Waals surface area contributed by atoms with E-state index < -0.39 is 12.6 Å². The number of hydrogen-bond donors (Lipinski definition) is 0. The first-order valence-corrected chi connectivity index (χ1v) is 11.6. The molecule has 0 N–H and O–H groups in total. The number of carbonyl (C=O) groups excluding carboxylic acids is 4. The van der Waals surface area contributed by atoms with Gasteiger partial charge in [-0.05, 0) is 42.5 Å². The average Bonchev–Trinajstić information content (AvgIpc) is 3.30. The summed E-state index contributed by atoms with van der Waals surface area (Å²) in [6, 6.07) is 6.28. The van der Waals surface area contributed by atoms with E-state index in [1.54, 1.807) is 24.3 Å². The zero-order valence-electron chi connectivity index (χ0n) is 15.2. The number of halogens is 3. The second kappa shape index (κ2) is 8.12. The lowest BCUT2D eigenvalue weighted by atomic mass is 9.81. The fourth-order valence-electron chi connectivity index (χ4n) is 4.77. The smallest absolute Gasteiger partial charge is 0.308 e. The minimum atomic E-state index is -0.621. The third-order valence-corrected chi connectivity index (χ3v) is 9.61. The largest absolute Gasteiger partial charge is 0.457 e. The molecule has 2 bridgehead atoms. The molecule has 6 atom stereocenters.